The van der Waals surface area contributed by atoms with Crippen molar-refractivity contribution in [3.63, 3.8) is 0 Å². The SMILES string of the molecule is CCN(c1nc(OCC23CCCN2CC(F)C3)nc2c(F)c(-c3ccc(F)c4sc(N)c(C#N)c34)c(C(F)(F)F)cc12)C1CCN(C(=O)OC(C)C(F)(F)F)C1. The fourth-order valence-corrected chi connectivity index (χ4v) is 9.10. The number of ether oxygens (including phenoxy) is 2. The lowest BCUT2D eigenvalue weighted by atomic mass is 9.92. The number of fused-ring (bicyclic) bond motifs is 3. The number of hydrogen-bond acceptors (Lipinski definition) is 10. The smallest absolute Gasteiger partial charge is 0.425 e. The number of aromatic nitrogens is 2. The Hall–Kier alpha value is -4.77. The maximum Gasteiger partial charge on any atom is 0.425 e. The third-order valence-corrected chi connectivity index (χ3v) is 11.9. The molecule has 300 valence electrons. The highest BCUT2D eigenvalue weighted by Gasteiger charge is 2.50. The normalized spacial score (nSPS) is 22.1. The number of nitrogens with two attached hydrogens (primary N) is 1. The topological polar surface area (TPSA) is 121 Å². The molecule has 20 heteroatoms. The molecule has 0 spiro atoms. The summed E-state index contributed by atoms with van der Waals surface area (Å²) in [6.45, 7) is 2.69. The van der Waals surface area contributed by atoms with Crippen LogP contribution in [0.1, 0.15) is 50.7 Å². The number of benzene rings is 2. The third kappa shape index (κ3) is 6.86. The van der Waals surface area contributed by atoms with Crippen molar-refractivity contribution < 1.29 is 53.8 Å². The summed E-state index contributed by atoms with van der Waals surface area (Å²) in [6.07, 6.45) is -13.2. The van der Waals surface area contributed by atoms with E-state index in [0.29, 0.717) is 37.3 Å². The van der Waals surface area contributed by atoms with Crippen molar-refractivity contribution in [3.8, 4) is 23.2 Å². The van der Waals surface area contributed by atoms with Crippen LogP contribution in [0.4, 0.5) is 55.1 Å². The van der Waals surface area contributed by atoms with E-state index >= 15 is 17.6 Å². The molecule has 1 amide bonds. The molecular weight excluding hydrogens is 781 g/mol. The molecule has 7 rings (SSSR count). The standard InChI is InChI=1S/C36H34F9N7O3S/c1-3-52(19-7-10-50(15-19)33(53)55-17(2)35(40,41)42)31-21-11-23(36(43,44)45)26(20-5-6-24(38)29-25(20)22(13-46)30(47)56-29)27(39)28(21)48-32(49-31)54-16-34-8-4-9-51(34)14-18(37)12-34/h5-6,11,17-19H,3-4,7-10,12,14-16,47H2,1-2H3. The molecule has 0 aliphatic carbocycles. The predicted octanol–water partition coefficient (Wildman–Crippen LogP) is 8.21. The zero-order chi connectivity index (χ0) is 40.5. The minimum Gasteiger partial charge on any atom is -0.461 e. The quantitative estimate of drug-likeness (QED) is 0.176. The van der Waals surface area contributed by atoms with Crippen LogP contribution >= 0.6 is 11.3 Å². The molecule has 5 heterocycles. The first-order valence-electron chi connectivity index (χ1n) is 17.7. The largest absolute Gasteiger partial charge is 0.461 e. The molecule has 4 aromatic rings. The van der Waals surface area contributed by atoms with Crippen LogP contribution in [0.25, 0.3) is 32.1 Å². The van der Waals surface area contributed by atoms with Crippen LogP contribution in [0.2, 0.25) is 0 Å². The number of likely N-dealkylation sites (tertiary alicyclic amines) is 1. The van der Waals surface area contributed by atoms with Crippen molar-refractivity contribution in [1.29, 1.82) is 5.26 Å². The van der Waals surface area contributed by atoms with E-state index < -0.39 is 87.5 Å². The number of halogens is 9. The van der Waals surface area contributed by atoms with Crippen molar-refractivity contribution in [1.82, 2.24) is 19.8 Å². The van der Waals surface area contributed by atoms with Gasteiger partial charge in [-0.1, -0.05) is 6.07 Å². The van der Waals surface area contributed by atoms with E-state index in [4.69, 9.17) is 10.5 Å². The van der Waals surface area contributed by atoms with Crippen LogP contribution in [0.5, 0.6) is 6.01 Å². The molecule has 10 nitrogen and oxygen atoms in total. The summed E-state index contributed by atoms with van der Waals surface area (Å²) in [5.41, 5.74) is 1.25. The molecule has 4 unspecified atom stereocenters. The summed E-state index contributed by atoms with van der Waals surface area (Å²) in [5.74, 6) is -2.62. The Balaban J connectivity index is 1.39. The molecule has 4 atom stereocenters. The average Bonchev–Trinajstić information content (AvgIpc) is 3.90. The van der Waals surface area contributed by atoms with E-state index in [1.165, 1.54) is 4.90 Å². The Labute approximate surface area is 317 Å². The number of nitrogens with zero attached hydrogens (tertiary/aromatic N) is 6. The number of thiophene rings is 1. The van der Waals surface area contributed by atoms with E-state index in [2.05, 4.69) is 14.7 Å². The van der Waals surface area contributed by atoms with Gasteiger partial charge in [0.15, 0.2) is 11.9 Å². The number of alkyl halides is 7. The number of carbonyl (C=O) groups is 1. The van der Waals surface area contributed by atoms with E-state index in [1.807, 2.05) is 4.90 Å². The molecule has 2 N–H and O–H groups in total. The van der Waals surface area contributed by atoms with Crippen LogP contribution in [0, 0.1) is 23.0 Å². The molecule has 3 saturated heterocycles. The van der Waals surface area contributed by atoms with Crippen LogP contribution in [-0.2, 0) is 10.9 Å². The number of rotatable bonds is 8. The number of nitriles is 1. The van der Waals surface area contributed by atoms with Crippen molar-refractivity contribution in [3.05, 3.63) is 41.0 Å². The zero-order valence-corrected chi connectivity index (χ0v) is 30.6. The monoisotopic (exact) mass is 815 g/mol. The lowest BCUT2D eigenvalue weighted by Gasteiger charge is -2.32. The lowest BCUT2D eigenvalue weighted by Crippen LogP contribution is -2.43. The first-order valence-corrected chi connectivity index (χ1v) is 18.5. The van der Waals surface area contributed by atoms with Gasteiger partial charge in [0.2, 0.25) is 0 Å². The molecular formula is C36H34F9N7O3S. The first-order chi connectivity index (χ1) is 26.4. The summed E-state index contributed by atoms with van der Waals surface area (Å²) >= 11 is 0.621. The molecule has 2 aromatic heterocycles. The molecule has 3 fully saturated rings. The molecule has 56 heavy (non-hydrogen) atoms. The minimum absolute atomic E-state index is 0.0162. The number of carbonyl (C=O) groups excluding carboxylic acids is 1. The molecule has 3 aliphatic heterocycles. The molecule has 0 bridgehead atoms. The number of likely N-dealkylation sites (N-methyl/N-ethyl adjacent to an activating group) is 1. The Kier molecular flexibility index (Phi) is 10.1. The van der Waals surface area contributed by atoms with Gasteiger partial charge in [0.1, 0.15) is 41.0 Å². The van der Waals surface area contributed by atoms with Gasteiger partial charge in [-0.15, -0.1) is 11.3 Å². The number of amides is 1. The minimum atomic E-state index is -5.23. The first kappa shape index (κ1) is 39.5. The molecule has 0 saturated carbocycles. The highest BCUT2D eigenvalue weighted by Crippen LogP contribution is 2.48. The molecule has 3 aliphatic rings. The fourth-order valence-electron chi connectivity index (χ4n) is 8.15. The number of anilines is 2. The van der Waals surface area contributed by atoms with Gasteiger partial charge in [-0.2, -0.15) is 41.6 Å². The van der Waals surface area contributed by atoms with Gasteiger partial charge in [0.05, 0.1) is 21.4 Å². The Morgan fingerprint density at radius 2 is 1.93 bits per heavy atom. The second-order valence-corrected chi connectivity index (χ2v) is 15.2. The number of hydrogen-bond donors (Lipinski definition) is 1. The van der Waals surface area contributed by atoms with Gasteiger partial charge in [-0.25, -0.2) is 18.0 Å². The van der Waals surface area contributed by atoms with E-state index in [9.17, 15) is 32.0 Å². The predicted molar refractivity (Wildman–Crippen MR) is 188 cm³/mol. The zero-order valence-electron chi connectivity index (χ0n) is 29.8. The van der Waals surface area contributed by atoms with Crippen LogP contribution < -0.4 is 15.4 Å². The fraction of sp³-hybridized carbons (Fsp3) is 0.500. The average molecular weight is 816 g/mol. The van der Waals surface area contributed by atoms with Gasteiger partial charge < -0.3 is 25.0 Å². The van der Waals surface area contributed by atoms with Gasteiger partial charge >= 0.3 is 24.5 Å². The molecule has 0 radical (unpaired) electrons. The van der Waals surface area contributed by atoms with Gasteiger partial charge in [0.25, 0.3) is 0 Å². The summed E-state index contributed by atoms with van der Waals surface area (Å²) in [6, 6.07) is 2.99. The summed E-state index contributed by atoms with van der Waals surface area (Å²) in [4.78, 5) is 25.9. The highest BCUT2D eigenvalue weighted by molar-refractivity contribution is 7.23. The van der Waals surface area contributed by atoms with E-state index in [0.717, 1.165) is 23.5 Å². The van der Waals surface area contributed by atoms with E-state index in [1.54, 1.807) is 13.0 Å². The van der Waals surface area contributed by atoms with Gasteiger partial charge in [0, 0.05) is 55.0 Å². The van der Waals surface area contributed by atoms with Crippen molar-refractivity contribution in [2.24, 2.45) is 0 Å². The van der Waals surface area contributed by atoms with Crippen molar-refractivity contribution >= 4 is 49.2 Å². The summed E-state index contributed by atoms with van der Waals surface area (Å²) < 4.78 is 142. The Morgan fingerprint density at radius 1 is 1.18 bits per heavy atom. The highest BCUT2D eigenvalue weighted by atomic mass is 32.1. The van der Waals surface area contributed by atoms with Crippen LogP contribution in [0.3, 0.4) is 0 Å². The van der Waals surface area contributed by atoms with Crippen molar-refractivity contribution in [2.75, 3.05) is 50.0 Å². The van der Waals surface area contributed by atoms with E-state index in [-0.39, 0.29) is 72.1 Å². The summed E-state index contributed by atoms with van der Waals surface area (Å²) in [7, 11) is 0. The maximum absolute atomic E-state index is 17.2. The van der Waals surface area contributed by atoms with Crippen LogP contribution in [-0.4, -0.2) is 95.2 Å². The third-order valence-electron chi connectivity index (χ3n) is 10.8. The van der Waals surface area contributed by atoms with Gasteiger partial charge in [-0.3, -0.25) is 4.90 Å². The van der Waals surface area contributed by atoms with Crippen molar-refractivity contribution in [2.45, 2.75) is 75.7 Å². The molecule has 2 aromatic carbocycles. The second-order valence-electron chi connectivity index (χ2n) is 14.2. The Bertz CT molecular complexity index is 2240. The second kappa shape index (κ2) is 14.3. The van der Waals surface area contributed by atoms with Gasteiger partial charge in [-0.05, 0) is 57.4 Å². The maximum atomic E-state index is 17.2. The lowest BCUT2D eigenvalue weighted by molar-refractivity contribution is -0.199. The summed E-state index contributed by atoms with van der Waals surface area (Å²) in [5, 5.41) is 8.92. The van der Waals surface area contributed by atoms with Crippen LogP contribution in [0.15, 0.2) is 18.2 Å². The Morgan fingerprint density at radius 3 is 2.61 bits per heavy atom. The number of nitrogen functional groups attached to an aromatic ring is 1.